The van der Waals surface area contributed by atoms with E-state index in [-0.39, 0.29) is 56.4 Å². The number of hydrogen-bond donors (Lipinski definition) is 7. The smallest absolute Gasteiger partial charge is 0.122 e. The summed E-state index contributed by atoms with van der Waals surface area (Å²) < 4.78 is 27.4. The molecule has 0 atom stereocenters. The molecule has 0 saturated heterocycles. The van der Waals surface area contributed by atoms with Crippen LogP contribution in [0, 0.1) is 41.5 Å². The van der Waals surface area contributed by atoms with Gasteiger partial charge >= 0.3 is 0 Å². The van der Waals surface area contributed by atoms with E-state index in [1.807, 2.05) is 154 Å². The molecule has 6 aromatic rings. The van der Waals surface area contributed by atoms with Crippen molar-refractivity contribution in [3.05, 3.63) is 142 Å². The molecule has 6 rings (SSSR count). The molecule has 7 N–H and O–H groups in total. The van der Waals surface area contributed by atoms with Crippen molar-refractivity contribution in [1.82, 2.24) is 0 Å². The summed E-state index contributed by atoms with van der Waals surface area (Å²) in [4.78, 5) is 0. The minimum absolute atomic E-state index is 0.0644. The Bertz CT molecular complexity index is 2680. The van der Waals surface area contributed by atoms with Gasteiger partial charge in [-0.2, -0.15) is 0 Å². The van der Waals surface area contributed by atoms with Gasteiger partial charge in [0.2, 0.25) is 0 Å². The van der Waals surface area contributed by atoms with Crippen LogP contribution in [0.1, 0.15) is 148 Å². The highest BCUT2D eigenvalue weighted by Gasteiger charge is 2.24. The molecular weight excluding hydrogens is 961 g/mol. The summed E-state index contributed by atoms with van der Waals surface area (Å²) in [6, 6.07) is 27.3. The fourth-order valence-corrected chi connectivity index (χ4v) is 7.31. The summed E-state index contributed by atoms with van der Waals surface area (Å²) >= 11 is 0. The van der Waals surface area contributed by atoms with Gasteiger partial charge in [-0.05, 0) is 245 Å². The molecule has 0 aliphatic heterocycles. The summed E-state index contributed by atoms with van der Waals surface area (Å²) in [6.07, 6.45) is 0. The zero-order valence-corrected chi connectivity index (χ0v) is 49.9. The maximum atomic E-state index is 9.82. The first-order chi connectivity index (χ1) is 34.6. The SMILES string of the molecule is CC(C)(C)Oc1ccc(O)cc1.COc1cc(C(C)(C)C)c(O)cc1C.COc1ccc(OC(C)(C)C)cc1C.Cc1cc(O)c(C(C)(C)C)c(C)c1O.Cc1cc(OC(C)(C)C)cc(C)c1O.Oc1ccc(O)cc1. The Morgan fingerprint density at radius 3 is 1.05 bits per heavy atom. The number of phenols is 7. The molecule has 0 radical (unpaired) electrons. The van der Waals surface area contributed by atoms with Gasteiger partial charge < -0.3 is 59.4 Å². The van der Waals surface area contributed by atoms with E-state index in [1.54, 1.807) is 57.5 Å². The van der Waals surface area contributed by atoms with Gasteiger partial charge in [-0.3, -0.25) is 0 Å². The van der Waals surface area contributed by atoms with Crippen molar-refractivity contribution in [3.8, 4) is 69.0 Å². The van der Waals surface area contributed by atoms with Gasteiger partial charge in [0.05, 0.1) is 14.2 Å². The van der Waals surface area contributed by atoms with Crippen molar-refractivity contribution in [2.45, 2.75) is 173 Å². The van der Waals surface area contributed by atoms with E-state index in [0.717, 1.165) is 67.7 Å². The van der Waals surface area contributed by atoms with Crippen LogP contribution >= 0.6 is 0 Å². The average molecular weight is 1050 g/mol. The molecule has 6 aromatic carbocycles. The minimum atomic E-state index is -0.199. The molecule has 0 aromatic heterocycles. The molecular formula is C64H92O12. The van der Waals surface area contributed by atoms with Crippen LogP contribution in [0.5, 0.6) is 69.0 Å². The monoisotopic (exact) mass is 1050 g/mol. The summed E-state index contributed by atoms with van der Waals surface area (Å²) in [5.74, 6) is 6.04. The van der Waals surface area contributed by atoms with E-state index in [2.05, 4.69) is 20.8 Å². The second-order valence-electron chi connectivity index (χ2n) is 23.6. The van der Waals surface area contributed by atoms with E-state index >= 15 is 0 Å². The van der Waals surface area contributed by atoms with E-state index in [4.69, 9.17) is 39.0 Å². The lowest BCUT2D eigenvalue weighted by Gasteiger charge is -2.24. The normalized spacial score (nSPS) is 11.2. The van der Waals surface area contributed by atoms with E-state index < -0.39 is 0 Å². The molecule has 0 aliphatic carbocycles. The molecule has 0 bridgehead atoms. The van der Waals surface area contributed by atoms with E-state index in [0.29, 0.717) is 17.1 Å². The van der Waals surface area contributed by atoms with Crippen LogP contribution < -0.4 is 23.7 Å². The van der Waals surface area contributed by atoms with Gasteiger partial charge in [-0.25, -0.2) is 0 Å². The average Bonchev–Trinajstić information content (AvgIpc) is 3.25. The van der Waals surface area contributed by atoms with Crippen molar-refractivity contribution >= 4 is 0 Å². The summed E-state index contributed by atoms with van der Waals surface area (Å²) in [5, 5.41) is 65.2. The van der Waals surface area contributed by atoms with Crippen LogP contribution in [-0.4, -0.2) is 66.8 Å². The molecule has 12 nitrogen and oxygen atoms in total. The van der Waals surface area contributed by atoms with E-state index in [1.165, 1.54) is 24.3 Å². The van der Waals surface area contributed by atoms with Gasteiger partial charge in [-0.1, -0.05) is 41.5 Å². The van der Waals surface area contributed by atoms with Gasteiger partial charge in [0, 0.05) is 11.1 Å². The lowest BCUT2D eigenvalue weighted by atomic mass is 9.82. The van der Waals surface area contributed by atoms with Crippen molar-refractivity contribution < 1.29 is 59.4 Å². The van der Waals surface area contributed by atoms with Crippen LogP contribution in [0.3, 0.4) is 0 Å². The van der Waals surface area contributed by atoms with Crippen molar-refractivity contribution in [3.63, 3.8) is 0 Å². The molecule has 0 heterocycles. The Labute approximate surface area is 455 Å². The third-order valence-electron chi connectivity index (χ3n) is 10.6. The van der Waals surface area contributed by atoms with Gasteiger partial charge in [-0.15, -0.1) is 0 Å². The lowest BCUT2D eigenvalue weighted by Crippen LogP contribution is -2.23. The van der Waals surface area contributed by atoms with Crippen molar-refractivity contribution in [1.29, 1.82) is 0 Å². The molecule has 0 aliphatic rings. The molecule has 12 heteroatoms. The fraction of sp³-hybridized carbons (Fsp3) is 0.438. The van der Waals surface area contributed by atoms with Gasteiger partial charge in [0.1, 0.15) is 85.8 Å². The third kappa shape index (κ3) is 24.5. The van der Waals surface area contributed by atoms with Crippen LogP contribution in [0.4, 0.5) is 0 Å². The van der Waals surface area contributed by atoms with Crippen LogP contribution in [0.15, 0.2) is 97.1 Å². The largest absolute Gasteiger partial charge is 0.508 e. The Kier molecular flexibility index (Phi) is 24.8. The molecule has 0 fully saturated rings. The highest BCUT2D eigenvalue weighted by molar-refractivity contribution is 5.54. The number of hydrogen-bond acceptors (Lipinski definition) is 12. The predicted octanol–water partition coefficient (Wildman–Crippen LogP) is 16.1. The highest BCUT2D eigenvalue weighted by atomic mass is 16.5. The number of rotatable bonds is 5. The Hall–Kier alpha value is -7.08. The Morgan fingerprint density at radius 1 is 0.329 bits per heavy atom. The fourth-order valence-electron chi connectivity index (χ4n) is 7.31. The Balaban J connectivity index is 0.000000459. The first-order valence-electron chi connectivity index (χ1n) is 25.3. The maximum Gasteiger partial charge on any atom is 0.122 e. The summed E-state index contributed by atoms with van der Waals surface area (Å²) in [7, 11) is 3.32. The second-order valence-corrected chi connectivity index (χ2v) is 23.6. The number of phenolic OH excluding ortho intramolecular Hbond substituents is 7. The van der Waals surface area contributed by atoms with Gasteiger partial charge in [0.25, 0.3) is 0 Å². The van der Waals surface area contributed by atoms with Crippen LogP contribution in [-0.2, 0) is 10.8 Å². The summed E-state index contributed by atoms with van der Waals surface area (Å²) in [5.41, 5.74) is 6.22. The first-order valence-corrected chi connectivity index (χ1v) is 25.3. The predicted molar refractivity (Wildman–Crippen MR) is 310 cm³/mol. The maximum absolute atomic E-state index is 9.82. The molecule has 0 amide bonds. The molecule has 0 unspecified atom stereocenters. The number of ether oxygens (including phenoxy) is 5. The molecule has 420 valence electrons. The van der Waals surface area contributed by atoms with E-state index in [9.17, 15) is 20.4 Å². The molecule has 0 saturated carbocycles. The lowest BCUT2D eigenvalue weighted by molar-refractivity contribution is 0.130. The topological polar surface area (TPSA) is 188 Å². The summed E-state index contributed by atoms with van der Waals surface area (Å²) in [6.45, 7) is 41.6. The first kappa shape index (κ1) is 66.9. The molecule has 76 heavy (non-hydrogen) atoms. The van der Waals surface area contributed by atoms with Crippen LogP contribution in [0.25, 0.3) is 0 Å². The number of benzene rings is 6. The quantitative estimate of drug-likeness (QED) is 0.0811. The third-order valence-corrected chi connectivity index (χ3v) is 10.6. The number of aromatic hydroxyl groups is 7. The van der Waals surface area contributed by atoms with Crippen LogP contribution in [0.2, 0.25) is 0 Å². The zero-order valence-electron chi connectivity index (χ0n) is 49.9. The molecule has 0 spiro atoms. The number of aryl methyl sites for hydroxylation is 5. The zero-order chi connectivity index (χ0) is 58.9. The van der Waals surface area contributed by atoms with Crippen molar-refractivity contribution in [2.24, 2.45) is 0 Å². The second kappa shape index (κ2) is 28.2. The van der Waals surface area contributed by atoms with Gasteiger partial charge in [0.15, 0.2) is 0 Å². The Morgan fingerprint density at radius 2 is 0.671 bits per heavy atom. The standard InChI is InChI=1S/4C12H18O2.C10H14O2.C6H6O2/c1-8-6-10(13)9(12(2,3)4)7-11(8)14-5;1-8-6-10(14-12(3,4)5)7-9(2)11(8)13;1-9-8-10(14-12(2,3)4)6-7-11(9)13-5;1-7-6-9(13)10(12(3,4)5)8(2)11(7)14;1-10(2,3)12-9-6-4-8(11)5-7-9;7-5-1-2-6(8)4-3-5/h2*6-7,13H,1-5H3;6-8H,1-5H3;6,13-14H,1-5H3;4-7,11H,1-3H3;1-4,7-8H. The van der Waals surface area contributed by atoms with Crippen molar-refractivity contribution in [2.75, 3.05) is 14.2 Å². The highest BCUT2D eigenvalue weighted by Crippen LogP contribution is 2.40. The number of methoxy groups -OCH3 is 2. The minimum Gasteiger partial charge on any atom is -0.508 e.